The van der Waals surface area contributed by atoms with Gasteiger partial charge in [-0.05, 0) is 42.9 Å². The number of halogens is 1. The van der Waals surface area contributed by atoms with Gasteiger partial charge in [0.05, 0.1) is 0 Å². The highest BCUT2D eigenvalue weighted by molar-refractivity contribution is 6.30. The van der Waals surface area contributed by atoms with Gasteiger partial charge in [-0.1, -0.05) is 48.0 Å². The van der Waals surface area contributed by atoms with E-state index >= 15 is 0 Å². The molecule has 0 heterocycles. The van der Waals surface area contributed by atoms with Crippen molar-refractivity contribution in [3.8, 4) is 0 Å². The van der Waals surface area contributed by atoms with Crippen LogP contribution in [0.3, 0.4) is 0 Å². The Labute approximate surface area is 126 Å². The minimum atomic E-state index is 0.782. The first-order valence-electron chi connectivity index (χ1n) is 6.82. The van der Waals surface area contributed by atoms with Gasteiger partial charge in [-0.3, -0.25) is 0 Å². The van der Waals surface area contributed by atoms with Gasteiger partial charge in [0.1, 0.15) is 0 Å². The monoisotopic (exact) mass is 288 g/mol. The molecule has 0 atom stereocenters. The van der Waals surface area contributed by atoms with E-state index in [0.29, 0.717) is 0 Å². The molecule has 0 bridgehead atoms. The summed E-state index contributed by atoms with van der Waals surface area (Å²) >= 11 is 5.89. The quantitative estimate of drug-likeness (QED) is 0.872. The van der Waals surface area contributed by atoms with Crippen molar-refractivity contribution in [2.45, 2.75) is 19.6 Å². The Balaban J connectivity index is 1.92. The van der Waals surface area contributed by atoms with Crippen molar-refractivity contribution in [2.24, 2.45) is 0 Å². The molecule has 0 fully saturated rings. The van der Waals surface area contributed by atoms with Gasteiger partial charge in [0.25, 0.3) is 0 Å². The van der Waals surface area contributed by atoms with Crippen LogP contribution in [-0.4, -0.2) is 19.0 Å². The van der Waals surface area contributed by atoms with Gasteiger partial charge in [-0.2, -0.15) is 0 Å². The predicted octanol–water partition coefficient (Wildman–Crippen LogP) is 3.69. The number of hydrogen-bond acceptors (Lipinski definition) is 2. The molecule has 0 aromatic heterocycles. The summed E-state index contributed by atoms with van der Waals surface area (Å²) in [4.78, 5) is 2.19. The van der Waals surface area contributed by atoms with Crippen molar-refractivity contribution in [1.29, 1.82) is 0 Å². The Kier molecular flexibility index (Phi) is 5.60. The molecule has 2 nitrogen and oxygen atoms in total. The van der Waals surface area contributed by atoms with Gasteiger partial charge in [-0.25, -0.2) is 0 Å². The minimum Gasteiger partial charge on any atom is -0.309 e. The Morgan fingerprint density at radius 2 is 1.55 bits per heavy atom. The molecule has 106 valence electrons. The van der Waals surface area contributed by atoms with Crippen LogP contribution in [0, 0.1) is 0 Å². The zero-order chi connectivity index (χ0) is 14.4. The first kappa shape index (κ1) is 15.0. The summed E-state index contributed by atoms with van der Waals surface area (Å²) in [5.74, 6) is 0. The smallest absolute Gasteiger partial charge is 0.0406 e. The summed E-state index contributed by atoms with van der Waals surface area (Å²) in [5, 5.41) is 4.27. The lowest BCUT2D eigenvalue weighted by Crippen LogP contribution is -2.17. The van der Waals surface area contributed by atoms with E-state index in [4.69, 9.17) is 11.6 Å². The van der Waals surface area contributed by atoms with Crippen LogP contribution in [0.5, 0.6) is 0 Å². The lowest BCUT2D eigenvalue weighted by molar-refractivity contribution is 0.400. The number of rotatable bonds is 6. The van der Waals surface area contributed by atoms with Gasteiger partial charge < -0.3 is 10.2 Å². The normalized spacial score (nSPS) is 11.0. The molecule has 0 aliphatic rings. The lowest BCUT2D eigenvalue weighted by Gasteiger charge is -2.14. The van der Waals surface area contributed by atoms with E-state index in [1.807, 2.05) is 12.1 Å². The molecule has 2 aromatic rings. The highest BCUT2D eigenvalue weighted by Crippen LogP contribution is 2.12. The average molecular weight is 289 g/mol. The van der Waals surface area contributed by atoms with Crippen LogP contribution in [0.2, 0.25) is 5.02 Å². The van der Waals surface area contributed by atoms with Crippen LogP contribution >= 0.6 is 11.6 Å². The molecule has 0 spiro atoms. The van der Waals surface area contributed by atoms with E-state index in [0.717, 1.165) is 24.7 Å². The Bertz CT molecular complexity index is 535. The first-order valence-corrected chi connectivity index (χ1v) is 7.19. The van der Waals surface area contributed by atoms with Gasteiger partial charge in [0.2, 0.25) is 0 Å². The van der Waals surface area contributed by atoms with Crippen LogP contribution in [0.25, 0.3) is 0 Å². The van der Waals surface area contributed by atoms with Crippen molar-refractivity contribution in [1.82, 2.24) is 10.2 Å². The van der Waals surface area contributed by atoms with E-state index in [-0.39, 0.29) is 0 Å². The molecule has 20 heavy (non-hydrogen) atoms. The SMILES string of the molecule is CN(C)Cc1ccccc1CNCc1ccc(Cl)cc1. The van der Waals surface area contributed by atoms with Crippen LogP contribution in [-0.2, 0) is 19.6 Å². The second-order valence-corrected chi connectivity index (χ2v) is 5.67. The lowest BCUT2D eigenvalue weighted by atomic mass is 10.1. The number of nitrogens with zero attached hydrogens (tertiary/aromatic N) is 1. The molecule has 0 radical (unpaired) electrons. The van der Waals surface area contributed by atoms with Crippen LogP contribution < -0.4 is 5.32 Å². The van der Waals surface area contributed by atoms with Gasteiger partial charge in [-0.15, -0.1) is 0 Å². The fraction of sp³-hybridized carbons (Fsp3) is 0.294. The summed E-state index contributed by atoms with van der Waals surface area (Å²) in [6.07, 6.45) is 0. The molecule has 1 N–H and O–H groups in total. The zero-order valence-corrected chi connectivity index (χ0v) is 12.8. The summed E-state index contributed by atoms with van der Waals surface area (Å²) in [6, 6.07) is 16.5. The predicted molar refractivity (Wildman–Crippen MR) is 85.8 cm³/mol. The number of nitrogens with one attached hydrogen (secondary N) is 1. The molecule has 2 rings (SSSR count). The van der Waals surface area contributed by atoms with Crippen molar-refractivity contribution in [3.63, 3.8) is 0 Å². The Hall–Kier alpha value is -1.35. The minimum absolute atomic E-state index is 0.782. The molecule has 3 heteroatoms. The molecular weight excluding hydrogens is 268 g/mol. The molecule has 0 aliphatic carbocycles. The number of benzene rings is 2. The summed E-state index contributed by atoms with van der Waals surface area (Å²) in [6.45, 7) is 2.71. The van der Waals surface area contributed by atoms with Crippen molar-refractivity contribution in [3.05, 3.63) is 70.2 Å². The highest BCUT2D eigenvalue weighted by atomic mass is 35.5. The molecule has 2 aromatic carbocycles. The molecule has 0 unspecified atom stereocenters. The van der Waals surface area contributed by atoms with Gasteiger partial charge in [0.15, 0.2) is 0 Å². The maximum Gasteiger partial charge on any atom is 0.0406 e. The Morgan fingerprint density at radius 1 is 0.900 bits per heavy atom. The van der Waals surface area contributed by atoms with E-state index in [2.05, 4.69) is 60.7 Å². The molecule has 0 saturated heterocycles. The first-order chi connectivity index (χ1) is 9.65. The largest absolute Gasteiger partial charge is 0.309 e. The van der Waals surface area contributed by atoms with E-state index in [1.165, 1.54) is 16.7 Å². The molecular formula is C17H21ClN2. The van der Waals surface area contributed by atoms with Crippen molar-refractivity contribution < 1.29 is 0 Å². The third kappa shape index (κ3) is 4.64. The topological polar surface area (TPSA) is 15.3 Å². The second-order valence-electron chi connectivity index (χ2n) is 5.24. The third-order valence-corrected chi connectivity index (χ3v) is 3.41. The van der Waals surface area contributed by atoms with Gasteiger partial charge >= 0.3 is 0 Å². The van der Waals surface area contributed by atoms with E-state index in [9.17, 15) is 0 Å². The van der Waals surface area contributed by atoms with E-state index in [1.54, 1.807) is 0 Å². The van der Waals surface area contributed by atoms with Crippen LogP contribution in [0.1, 0.15) is 16.7 Å². The zero-order valence-electron chi connectivity index (χ0n) is 12.1. The molecule has 0 amide bonds. The van der Waals surface area contributed by atoms with Crippen molar-refractivity contribution in [2.75, 3.05) is 14.1 Å². The average Bonchev–Trinajstić information content (AvgIpc) is 2.42. The fourth-order valence-electron chi connectivity index (χ4n) is 2.17. The number of hydrogen-bond donors (Lipinski definition) is 1. The van der Waals surface area contributed by atoms with Crippen LogP contribution in [0.15, 0.2) is 48.5 Å². The summed E-state index contributed by atoms with van der Waals surface area (Å²) in [5.41, 5.74) is 3.98. The molecule has 0 saturated carbocycles. The highest BCUT2D eigenvalue weighted by Gasteiger charge is 2.02. The molecule has 0 aliphatic heterocycles. The Morgan fingerprint density at radius 3 is 2.20 bits per heavy atom. The maximum absolute atomic E-state index is 5.89. The third-order valence-electron chi connectivity index (χ3n) is 3.16. The second kappa shape index (κ2) is 7.44. The fourth-order valence-corrected chi connectivity index (χ4v) is 2.29. The van der Waals surface area contributed by atoms with Gasteiger partial charge in [0, 0.05) is 24.7 Å². The standard InChI is InChI=1S/C17H21ClN2/c1-20(2)13-16-6-4-3-5-15(16)12-19-11-14-7-9-17(18)10-8-14/h3-10,19H,11-13H2,1-2H3. The maximum atomic E-state index is 5.89. The summed E-state index contributed by atoms with van der Waals surface area (Å²) in [7, 11) is 4.19. The van der Waals surface area contributed by atoms with Crippen molar-refractivity contribution >= 4 is 11.6 Å². The summed E-state index contributed by atoms with van der Waals surface area (Å²) < 4.78 is 0. The van der Waals surface area contributed by atoms with Crippen LogP contribution in [0.4, 0.5) is 0 Å². The van der Waals surface area contributed by atoms with E-state index < -0.39 is 0 Å².